The number of nitrogens with zero attached hydrogens (tertiary/aromatic N) is 4. The summed E-state index contributed by atoms with van der Waals surface area (Å²) >= 11 is 0. The molecule has 3 aliphatic rings. The molecule has 4 heterocycles. The Balaban J connectivity index is 0.931. The lowest BCUT2D eigenvalue weighted by Crippen LogP contribution is -2.53. The van der Waals surface area contributed by atoms with Crippen LogP contribution in [0, 0.1) is 5.82 Å². The average Bonchev–Trinajstić information content (AvgIpc) is 3.22. The van der Waals surface area contributed by atoms with Gasteiger partial charge in [0.2, 0.25) is 5.88 Å². The summed E-state index contributed by atoms with van der Waals surface area (Å²) in [4.78, 5) is 40.4. The number of piperazine rings is 1. The third-order valence-corrected chi connectivity index (χ3v) is 11.4. The molecule has 1 saturated carbocycles. The molecule has 12 heteroatoms. The molecule has 0 radical (unpaired) electrons. The molecule has 2 saturated heterocycles. The largest absolute Gasteiger partial charge is 0.438 e. The summed E-state index contributed by atoms with van der Waals surface area (Å²) in [6, 6.07) is 27.7. The molecular formula is C46H52FN7O4. The van der Waals surface area contributed by atoms with Crippen molar-refractivity contribution in [2.45, 2.75) is 76.8 Å². The summed E-state index contributed by atoms with van der Waals surface area (Å²) in [7, 11) is 0. The Morgan fingerprint density at radius 1 is 0.828 bits per heavy atom. The zero-order chi connectivity index (χ0) is 40.0. The lowest BCUT2D eigenvalue weighted by atomic mass is 9.91. The summed E-state index contributed by atoms with van der Waals surface area (Å²) in [5, 5.41) is 10.8. The molecule has 2 atom stereocenters. The van der Waals surface area contributed by atoms with Crippen molar-refractivity contribution < 1.29 is 23.5 Å². The third kappa shape index (κ3) is 9.87. The van der Waals surface area contributed by atoms with Crippen LogP contribution < -0.4 is 20.7 Å². The van der Waals surface area contributed by atoms with E-state index in [0.29, 0.717) is 49.2 Å². The van der Waals surface area contributed by atoms with E-state index in [4.69, 9.17) is 9.47 Å². The van der Waals surface area contributed by atoms with E-state index in [1.807, 2.05) is 48.5 Å². The van der Waals surface area contributed by atoms with E-state index in [1.165, 1.54) is 17.2 Å². The van der Waals surface area contributed by atoms with Gasteiger partial charge < -0.3 is 25.4 Å². The number of morpholine rings is 1. The van der Waals surface area contributed by atoms with Crippen molar-refractivity contribution in [2.24, 2.45) is 0 Å². The molecule has 5 aromatic rings. The molecule has 8 rings (SSSR count). The number of fused-ring (bicyclic) bond motifs is 1. The second-order valence-corrected chi connectivity index (χ2v) is 16.1. The Morgan fingerprint density at radius 2 is 1.57 bits per heavy atom. The number of para-hydroxylation sites is 1. The Kier molecular flexibility index (Phi) is 12.4. The molecule has 2 aliphatic heterocycles. The minimum absolute atomic E-state index is 0.0251. The summed E-state index contributed by atoms with van der Waals surface area (Å²) < 4.78 is 26.5. The van der Waals surface area contributed by atoms with Crippen LogP contribution in [0.4, 0.5) is 4.39 Å². The maximum Gasteiger partial charge on any atom is 0.270 e. The minimum Gasteiger partial charge on any atom is -0.438 e. The number of aromatic nitrogens is 2. The van der Waals surface area contributed by atoms with Gasteiger partial charge in [-0.3, -0.25) is 19.4 Å². The van der Waals surface area contributed by atoms with Gasteiger partial charge in [0.1, 0.15) is 22.8 Å². The molecule has 3 N–H and O–H groups in total. The van der Waals surface area contributed by atoms with Gasteiger partial charge in [-0.1, -0.05) is 54.6 Å². The van der Waals surface area contributed by atoms with Gasteiger partial charge in [-0.05, 0) is 92.1 Å². The Bertz CT molecular complexity index is 2230. The van der Waals surface area contributed by atoms with Crippen LogP contribution in [-0.2, 0) is 17.8 Å². The summed E-state index contributed by atoms with van der Waals surface area (Å²) in [5.41, 5.74) is 5.77. The van der Waals surface area contributed by atoms with Gasteiger partial charge in [-0.25, -0.2) is 14.4 Å². The number of ether oxygens (including phenoxy) is 2. The van der Waals surface area contributed by atoms with E-state index in [0.717, 1.165) is 80.7 Å². The molecule has 0 spiro atoms. The lowest BCUT2D eigenvalue weighted by Gasteiger charge is -2.36. The summed E-state index contributed by atoms with van der Waals surface area (Å²) in [5.74, 6) is -0.771. The standard InChI is InChI=1S/C46H52FN7O4/c1-30-26-54(27-31(2)49-30)28-32-10-16-40(35(22-32)29-53-18-20-57-21-19-53)34-7-5-8-39(23-34)58-46-41(24-36(47)25-48-46)44(55)50-37-12-14-38(15-13-37)51-45(56)43-17-11-33-6-3-4-9-42(33)52-43/h3-11,16-17,22-25,30-31,37-38,49H,12-15,18-21,26-29H2,1-2H3,(H,50,55)(H,51,56)/t30-,31+,37-,38+. The van der Waals surface area contributed by atoms with Crippen molar-refractivity contribution in [3.05, 3.63) is 119 Å². The topological polar surface area (TPSA) is 121 Å². The number of nitrogens with one attached hydrogen (secondary N) is 3. The fourth-order valence-corrected chi connectivity index (χ4v) is 8.59. The first-order chi connectivity index (χ1) is 28.2. The predicted octanol–water partition coefficient (Wildman–Crippen LogP) is 6.71. The molecule has 0 unspecified atom stereocenters. The first-order valence-corrected chi connectivity index (χ1v) is 20.5. The molecular weight excluding hydrogens is 734 g/mol. The summed E-state index contributed by atoms with van der Waals surface area (Å²) in [6.45, 7) is 11.4. The van der Waals surface area contributed by atoms with Crippen molar-refractivity contribution in [1.29, 1.82) is 0 Å². The fraction of sp³-hybridized carbons (Fsp3) is 0.391. The van der Waals surface area contributed by atoms with Crippen molar-refractivity contribution in [3.63, 3.8) is 0 Å². The van der Waals surface area contributed by atoms with E-state index >= 15 is 0 Å². The van der Waals surface area contributed by atoms with Gasteiger partial charge >= 0.3 is 0 Å². The second-order valence-electron chi connectivity index (χ2n) is 16.1. The maximum atomic E-state index is 14.6. The van der Waals surface area contributed by atoms with Crippen LogP contribution in [0.2, 0.25) is 0 Å². The monoisotopic (exact) mass is 785 g/mol. The molecule has 3 aromatic carbocycles. The van der Waals surface area contributed by atoms with Crippen LogP contribution in [0.15, 0.2) is 91.1 Å². The maximum absolute atomic E-state index is 14.6. The molecule has 58 heavy (non-hydrogen) atoms. The lowest BCUT2D eigenvalue weighted by molar-refractivity contribution is 0.0342. The second kappa shape index (κ2) is 18.1. The zero-order valence-corrected chi connectivity index (χ0v) is 33.3. The molecule has 302 valence electrons. The van der Waals surface area contributed by atoms with Crippen LogP contribution in [-0.4, -0.2) is 95.1 Å². The Morgan fingerprint density at radius 3 is 2.34 bits per heavy atom. The SMILES string of the molecule is C[C@@H]1CN(Cc2ccc(-c3cccc(Oc4ncc(F)cc4C(=O)N[C@H]4CC[C@@H](NC(=O)c5ccc6ccccc6n5)CC4)c3)c(CN3CCOCC3)c2)C[C@H](C)N1. The van der Waals surface area contributed by atoms with Gasteiger partial charge in [-0.2, -0.15) is 0 Å². The highest BCUT2D eigenvalue weighted by atomic mass is 19.1. The molecule has 3 fully saturated rings. The van der Waals surface area contributed by atoms with E-state index in [2.05, 4.69) is 73.8 Å². The van der Waals surface area contributed by atoms with Crippen LogP contribution in [0.25, 0.3) is 22.0 Å². The molecule has 1 aliphatic carbocycles. The highest BCUT2D eigenvalue weighted by molar-refractivity contribution is 5.97. The van der Waals surface area contributed by atoms with Gasteiger partial charge in [0.15, 0.2) is 0 Å². The first-order valence-electron chi connectivity index (χ1n) is 20.5. The van der Waals surface area contributed by atoms with E-state index in [1.54, 1.807) is 6.07 Å². The minimum atomic E-state index is -0.627. The highest BCUT2D eigenvalue weighted by Gasteiger charge is 2.27. The van der Waals surface area contributed by atoms with Crippen LogP contribution in [0.3, 0.4) is 0 Å². The van der Waals surface area contributed by atoms with Gasteiger partial charge in [0, 0.05) is 68.8 Å². The number of carbonyl (C=O) groups excluding carboxylic acids is 2. The number of rotatable bonds is 11. The van der Waals surface area contributed by atoms with Crippen LogP contribution >= 0.6 is 0 Å². The van der Waals surface area contributed by atoms with Crippen molar-refractivity contribution in [2.75, 3.05) is 39.4 Å². The number of carbonyl (C=O) groups is 2. The fourth-order valence-electron chi connectivity index (χ4n) is 8.59. The number of halogens is 1. The van der Waals surface area contributed by atoms with Crippen LogP contribution in [0.1, 0.15) is 71.5 Å². The molecule has 2 aromatic heterocycles. The quantitative estimate of drug-likeness (QED) is 0.134. The summed E-state index contributed by atoms with van der Waals surface area (Å²) in [6.07, 6.45) is 3.74. The predicted molar refractivity (Wildman–Crippen MR) is 222 cm³/mol. The molecule has 0 bridgehead atoms. The number of pyridine rings is 2. The van der Waals surface area contributed by atoms with E-state index < -0.39 is 11.7 Å². The number of benzene rings is 3. The van der Waals surface area contributed by atoms with Gasteiger partial charge in [0.05, 0.1) is 24.9 Å². The van der Waals surface area contributed by atoms with Gasteiger partial charge in [-0.15, -0.1) is 0 Å². The number of hydrogen-bond acceptors (Lipinski definition) is 9. The number of amides is 2. The normalized spacial score (nSPS) is 21.7. The smallest absolute Gasteiger partial charge is 0.270 e. The Labute approximate surface area is 339 Å². The Hall–Kier alpha value is -5.27. The first kappa shape index (κ1) is 39.6. The molecule has 2 amide bonds. The zero-order valence-electron chi connectivity index (χ0n) is 33.3. The van der Waals surface area contributed by atoms with E-state index in [9.17, 15) is 14.0 Å². The highest BCUT2D eigenvalue weighted by Crippen LogP contribution is 2.32. The third-order valence-electron chi connectivity index (χ3n) is 11.4. The van der Waals surface area contributed by atoms with Gasteiger partial charge in [0.25, 0.3) is 11.8 Å². The van der Waals surface area contributed by atoms with Crippen molar-refractivity contribution in [3.8, 4) is 22.8 Å². The average molecular weight is 786 g/mol. The van der Waals surface area contributed by atoms with Crippen molar-refractivity contribution >= 4 is 22.7 Å². The number of hydrogen-bond donors (Lipinski definition) is 3. The van der Waals surface area contributed by atoms with Crippen LogP contribution in [0.5, 0.6) is 11.6 Å². The van der Waals surface area contributed by atoms with Crippen molar-refractivity contribution in [1.82, 2.24) is 35.7 Å². The van der Waals surface area contributed by atoms with E-state index in [-0.39, 0.29) is 29.4 Å². The molecule has 11 nitrogen and oxygen atoms in total.